The van der Waals surface area contributed by atoms with Gasteiger partial charge in [0.15, 0.2) is 0 Å². The summed E-state index contributed by atoms with van der Waals surface area (Å²) in [6, 6.07) is 12.3. The monoisotopic (exact) mass is 406 g/mol. The molecule has 0 amide bonds. The second kappa shape index (κ2) is 8.66. The van der Waals surface area contributed by atoms with E-state index in [4.69, 9.17) is 10.5 Å². The summed E-state index contributed by atoms with van der Waals surface area (Å²) in [6.07, 6.45) is 0.820. The predicted octanol–water partition coefficient (Wildman–Crippen LogP) is 2.54. The molecule has 0 saturated carbocycles. The number of aromatic nitrogens is 1. The molecule has 0 aliphatic carbocycles. The maximum absolute atomic E-state index is 12.7. The van der Waals surface area contributed by atoms with Crippen molar-refractivity contribution in [1.82, 2.24) is 9.10 Å². The van der Waals surface area contributed by atoms with Crippen LogP contribution in [0.2, 0.25) is 0 Å². The molecule has 144 valence electrons. The van der Waals surface area contributed by atoms with Crippen LogP contribution < -0.4 is 20.5 Å². The highest BCUT2D eigenvalue weighted by Gasteiger charge is 2.16. The molecular formula is C18H22N4O3S2. The molecule has 4 N–H and O–H groups in total. The standard InChI is InChI=1S/C18H22N4O3S2/c1-25-14-5-3-13(4-6-14)12-21-27(23,24)15-7-8-17-16(11-15)18(22-26-17)20-10-2-9-19/h3-8,11,21H,2,9-10,12,19H2,1H3,(H,20,22). The van der Waals surface area contributed by atoms with Crippen molar-refractivity contribution in [1.29, 1.82) is 0 Å². The zero-order valence-electron chi connectivity index (χ0n) is 14.9. The van der Waals surface area contributed by atoms with E-state index in [0.717, 1.165) is 27.8 Å². The van der Waals surface area contributed by atoms with Gasteiger partial charge in [0, 0.05) is 18.5 Å². The number of rotatable bonds is 9. The van der Waals surface area contributed by atoms with Gasteiger partial charge in [0.1, 0.15) is 11.6 Å². The molecule has 9 heteroatoms. The smallest absolute Gasteiger partial charge is 0.240 e. The van der Waals surface area contributed by atoms with Crippen molar-refractivity contribution < 1.29 is 13.2 Å². The average Bonchev–Trinajstić information content (AvgIpc) is 3.09. The van der Waals surface area contributed by atoms with E-state index in [1.54, 1.807) is 37.4 Å². The molecule has 7 nitrogen and oxygen atoms in total. The molecule has 0 spiro atoms. The van der Waals surface area contributed by atoms with Gasteiger partial charge in [0.25, 0.3) is 0 Å². The zero-order chi connectivity index (χ0) is 19.3. The van der Waals surface area contributed by atoms with Gasteiger partial charge in [-0.25, -0.2) is 13.1 Å². The molecule has 1 aromatic heterocycles. The maximum atomic E-state index is 12.7. The van der Waals surface area contributed by atoms with E-state index >= 15 is 0 Å². The first-order valence-corrected chi connectivity index (χ1v) is 10.7. The number of nitrogens with two attached hydrogens (primary N) is 1. The number of nitrogens with one attached hydrogen (secondary N) is 2. The van der Waals surface area contributed by atoms with Gasteiger partial charge < -0.3 is 15.8 Å². The number of hydrogen-bond donors (Lipinski definition) is 3. The lowest BCUT2D eigenvalue weighted by Crippen LogP contribution is -2.23. The van der Waals surface area contributed by atoms with Gasteiger partial charge in [-0.1, -0.05) is 12.1 Å². The van der Waals surface area contributed by atoms with Gasteiger partial charge in [-0.15, -0.1) is 0 Å². The lowest BCUT2D eigenvalue weighted by molar-refractivity contribution is 0.414. The highest BCUT2D eigenvalue weighted by molar-refractivity contribution is 7.89. The van der Waals surface area contributed by atoms with Crippen LogP contribution in [0.3, 0.4) is 0 Å². The van der Waals surface area contributed by atoms with Crippen LogP contribution in [-0.2, 0) is 16.6 Å². The van der Waals surface area contributed by atoms with Crippen LogP contribution in [-0.4, -0.2) is 33.0 Å². The Morgan fingerprint density at radius 1 is 1.19 bits per heavy atom. The van der Waals surface area contributed by atoms with E-state index in [1.807, 2.05) is 12.1 Å². The first kappa shape index (κ1) is 19.6. The summed E-state index contributed by atoms with van der Waals surface area (Å²) in [4.78, 5) is 0.214. The van der Waals surface area contributed by atoms with Crippen LogP contribution >= 0.6 is 11.5 Å². The summed E-state index contributed by atoms with van der Waals surface area (Å²) in [5, 5.41) is 4.00. The van der Waals surface area contributed by atoms with Gasteiger partial charge >= 0.3 is 0 Å². The highest BCUT2D eigenvalue weighted by atomic mass is 32.2. The third-order valence-electron chi connectivity index (χ3n) is 4.05. The molecule has 0 unspecified atom stereocenters. The van der Waals surface area contributed by atoms with Gasteiger partial charge in [0.05, 0.1) is 16.7 Å². The first-order chi connectivity index (χ1) is 13.0. The zero-order valence-corrected chi connectivity index (χ0v) is 16.6. The van der Waals surface area contributed by atoms with E-state index in [9.17, 15) is 8.42 Å². The number of benzene rings is 2. The molecule has 0 bridgehead atoms. The molecule has 0 aliphatic heterocycles. The second-order valence-electron chi connectivity index (χ2n) is 5.93. The Morgan fingerprint density at radius 3 is 2.67 bits per heavy atom. The summed E-state index contributed by atoms with van der Waals surface area (Å²) in [7, 11) is -2.05. The topological polar surface area (TPSA) is 106 Å². The minimum absolute atomic E-state index is 0.202. The van der Waals surface area contributed by atoms with E-state index in [1.165, 1.54) is 11.5 Å². The molecule has 1 heterocycles. The number of sulfonamides is 1. The summed E-state index contributed by atoms with van der Waals surface area (Å²) in [5.41, 5.74) is 6.36. The molecule has 0 fully saturated rings. The minimum atomic E-state index is -3.64. The second-order valence-corrected chi connectivity index (χ2v) is 8.50. The fourth-order valence-electron chi connectivity index (χ4n) is 2.53. The normalized spacial score (nSPS) is 11.6. The molecule has 3 aromatic rings. The average molecular weight is 407 g/mol. The van der Waals surface area contributed by atoms with Crippen molar-refractivity contribution in [2.24, 2.45) is 5.73 Å². The molecule has 3 rings (SSSR count). The van der Waals surface area contributed by atoms with E-state index in [0.29, 0.717) is 18.9 Å². The molecule has 2 aromatic carbocycles. The summed E-state index contributed by atoms with van der Waals surface area (Å²) in [5.74, 6) is 1.42. The predicted molar refractivity (Wildman–Crippen MR) is 109 cm³/mol. The van der Waals surface area contributed by atoms with Crippen LogP contribution in [0.1, 0.15) is 12.0 Å². The van der Waals surface area contributed by atoms with Crippen LogP contribution in [0.15, 0.2) is 47.4 Å². The van der Waals surface area contributed by atoms with Crippen LogP contribution in [0.5, 0.6) is 5.75 Å². The Kier molecular flexibility index (Phi) is 6.27. The third kappa shape index (κ3) is 4.75. The number of anilines is 1. The van der Waals surface area contributed by atoms with Crippen LogP contribution in [0, 0.1) is 0 Å². The number of fused-ring (bicyclic) bond motifs is 1. The van der Waals surface area contributed by atoms with Crippen molar-refractivity contribution in [3.05, 3.63) is 48.0 Å². The van der Waals surface area contributed by atoms with Gasteiger partial charge in [-0.2, -0.15) is 4.37 Å². The molecule has 0 atom stereocenters. The molecule has 0 radical (unpaired) electrons. The van der Waals surface area contributed by atoms with Crippen molar-refractivity contribution in [2.75, 3.05) is 25.5 Å². The lowest BCUT2D eigenvalue weighted by Gasteiger charge is -2.08. The Bertz CT molecular complexity index is 1000. The lowest BCUT2D eigenvalue weighted by atomic mass is 10.2. The SMILES string of the molecule is COc1ccc(CNS(=O)(=O)c2ccc3snc(NCCCN)c3c2)cc1. The Morgan fingerprint density at radius 2 is 1.96 bits per heavy atom. The summed E-state index contributed by atoms with van der Waals surface area (Å²) in [6.45, 7) is 1.49. The van der Waals surface area contributed by atoms with Gasteiger partial charge in [-0.05, 0) is 60.4 Å². The Balaban J connectivity index is 1.76. The molecule has 0 saturated heterocycles. The van der Waals surface area contributed by atoms with Crippen molar-refractivity contribution in [3.8, 4) is 5.75 Å². The Hall–Kier alpha value is -2.20. The van der Waals surface area contributed by atoms with Crippen molar-refractivity contribution >= 4 is 37.5 Å². The number of hydrogen-bond acceptors (Lipinski definition) is 7. The first-order valence-electron chi connectivity index (χ1n) is 8.49. The van der Waals surface area contributed by atoms with Gasteiger partial charge in [0.2, 0.25) is 10.0 Å². The summed E-state index contributed by atoms with van der Waals surface area (Å²) >= 11 is 1.33. The summed E-state index contributed by atoms with van der Waals surface area (Å²) < 4.78 is 38.4. The largest absolute Gasteiger partial charge is 0.497 e. The van der Waals surface area contributed by atoms with Gasteiger partial charge in [-0.3, -0.25) is 0 Å². The van der Waals surface area contributed by atoms with Crippen LogP contribution in [0.25, 0.3) is 10.1 Å². The van der Waals surface area contributed by atoms with Crippen LogP contribution in [0.4, 0.5) is 5.82 Å². The van der Waals surface area contributed by atoms with E-state index in [2.05, 4.69) is 14.4 Å². The van der Waals surface area contributed by atoms with Crippen molar-refractivity contribution in [2.45, 2.75) is 17.9 Å². The van der Waals surface area contributed by atoms with E-state index < -0.39 is 10.0 Å². The van der Waals surface area contributed by atoms with E-state index in [-0.39, 0.29) is 11.4 Å². The fraction of sp³-hybridized carbons (Fsp3) is 0.278. The number of nitrogens with zero attached hydrogens (tertiary/aromatic N) is 1. The number of methoxy groups -OCH3 is 1. The Labute approximate surface area is 162 Å². The molecular weight excluding hydrogens is 384 g/mol. The number of ether oxygens (including phenoxy) is 1. The fourth-order valence-corrected chi connectivity index (χ4v) is 4.31. The molecule has 27 heavy (non-hydrogen) atoms. The highest BCUT2D eigenvalue weighted by Crippen LogP contribution is 2.29. The molecule has 0 aliphatic rings. The van der Waals surface area contributed by atoms with Crippen molar-refractivity contribution in [3.63, 3.8) is 0 Å². The quantitative estimate of drug-likeness (QED) is 0.472. The third-order valence-corrected chi connectivity index (χ3v) is 6.28. The minimum Gasteiger partial charge on any atom is -0.497 e. The maximum Gasteiger partial charge on any atom is 0.240 e.